The molecule has 10 heteroatoms. The van der Waals surface area contributed by atoms with Crippen LogP contribution in [-0.2, 0) is 26.2 Å². The molecule has 0 fully saturated rings. The van der Waals surface area contributed by atoms with E-state index in [0.29, 0.717) is 18.0 Å². The Morgan fingerprint density at radius 2 is 1.86 bits per heavy atom. The molecule has 0 aliphatic carbocycles. The number of anilines is 1. The predicted molar refractivity (Wildman–Crippen MR) is 139 cm³/mol. The predicted octanol–water partition coefficient (Wildman–Crippen LogP) is 3.76. The molecule has 2 aromatic rings. The Labute approximate surface area is 213 Å². The van der Waals surface area contributed by atoms with E-state index in [4.69, 9.17) is 16.3 Å². The van der Waals surface area contributed by atoms with Gasteiger partial charge in [0, 0.05) is 26.1 Å². The lowest BCUT2D eigenvalue weighted by Gasteiger charge is -2.30. The number of likely N-dealkylation sites (N-methyl/N-ethyl adjacent to an activating group) is 1. The second-order valence-electron chi connectivity index (χ2n) is 8.28. The molecule has 2 aromatic carbocycles. The number of carbonyl (C=O) groups is 2. The van der Waals surface area contributed by atoms with Gasteiger partial charge in [0.25, 0.3) is 0 Å². The zero-order valence-electron chi connectivity index (χ0n) is 20.9. The van der Waals surface area contributed by atoms with E-state index < -0.39 is 16.1 Å². The van der Waals surface area contributed by atoms with Crippen LogP contribution >= 0.6 is 11.6 Å². The van der Waals surface area contributed by atoms with Gasteiger partial charge in [-0.2, -0.15) is 0 Å². The first-order chi connectivity index (χ1) is 16.5. The molecule has 0 saturated carbocycles. The van der Waals surface area contributed by atoms with Crippen molar-refractivity contribution in [2.24, 2.45) is 0 Å². The number of hydrogen-bond donors (Lipinski definition) is 1. The lowest BCUT2D eigenvalue weighted by molar-refractivity contribution is -0.140. The fourth-order valence-electron chi connectivity index (χ4n) is 3.69. The molecule has 192 valence electrons. The van der Waals surface area contributed by atoms with E-state index in [-0.39, 0.29) is 42.8 Å². The average Bonchev–Trinajstić information content (AvgIpc) is 2.80. The molecule has 0 aliphatic heterocycles. The number of ether oxygens (including phenoxy) is 1. The van der Waals surface area contributed by atoms with Crippen LogP contribution in [0.2, 0.25) is 5.02 Å². The first-order valence-corrected chi connectivity index (χ1v) is 13.6. The Kier molecular flexibility index (Phi) is 10.4. The monoisotopic (exact) mass is 523 g/mol. The molecular weight excluding hydrogens is 490 g/mol. The lowest BCUT2D eigenvalue weighted by Crippen LogP contribution is -2.47. The van der Waals surface area contributed by atoms with E-state index in [1.165, 1.54) is 17.5 Å². The number of halogens is 1. The Bertz CT molecular complexity index is 1140. The summed E-state index contributed by atoms with van der Waals surface area (Å²) in [5.41, 5.74) is 2.36. The summed E-state index contributed by atoms with van der Waals surface area (Å²) in [5.74, 6) is -0.0291. The van der Waals surface area contributed by atoms with Crippen LogP contribution in [0, 0.1) is 6.92 Å². The molecule has 0 radical (unpaired) electrons. The topological polar surface area (TPSA) is 96.0 Å². The van der Waals surface area contributed by atoms with Crippen LogP contribution in [0.3, 0.4) is 0 Å². The third-order valence-electron chi connectivity index (χ3n) is 5.70. The first kappa shape index (κ1) is 28.5. The smallest absolute Gasteiger partial charge is 0.242 e. The summed E-state index contributed by atoms with van der Waals surface area (Å²) in [6.45, 7) is 6.31. The number of hydrogen-bond acceptors (Lipinski definition) is 5. The van der Waals surface area contributed by atoms with Crippen molar-refractivity contribution in [3.8, 4) is 5.75 Å². The summed E-state index contributed by atoms with van der Waals surface area (Å²) in [6.07, 6.45) is 1.45. The third kappa shape index (κ3) is 7.86. The van der Waals surface area contributed by atoms with Crippen molar-refractivity contribution in [3.05, 3.63) is 58.6 Å². The van der Waals surface area contributed by atoms with Crippen molar-refractivity contribution in [2.75, 3.05) is 30.8 Å². The van der Waals surface area contributed by atoms with Gasteiger partial charge in [-0.1, -0.05) is 35.9 Å². The molecule has 0 heterocycles. The van der Waals surface area contributed by atoms with Crippen molar-refractivity contribution in [3.63, 3.8) is 0 Å². The maximum atomic E-state index is 13.3. The molecule has 0 aromatic heterocycles. The zero-order valence-corrected chi connectivity index (χ0v) is 22.4. The maximum Gasteiger partial charge on any atom is 0.242 e. The number of nitrogens with zero attached hydrogens (tertiary/aromatic N) is 2. The van der Waals surface area contributed by atoms with Gasteiger partial charge < -0.3 is 15.0 Å². The van der Waals surface area contributed by atoms with Crippen LogP contribution in [0.15, 0.2) is 42.5 Å². The third-order valence-corrected chi connectivity index (χ3v) is 7.19. The number of rotatable bonds is 12. The summed E-state index contributed by atoms with van der Waals surface area (Å²) < 4.78 is 31.3. The van der Waals surface area contributed by atoms with E-state index in [1.54, 1.807) is 24.0 Å². The number of amides is 2. The van der Waals surface area contributed by atoms with Crippen LogP contribution in [0.25, 0.3) is 0 Å². The minimum atomic E-state index is -3.62. The second-order valence-corrected chi connectivity index (χ2v) is 10.6. The van der Waals surface area contributed by atoms with Crippen molar-refractivity contribution in [1.82, 2.24) is 10.2 Å². The number of methoxy groups -OCH3 is 1. The molecule has 0 spiro atoms. The highest BCUT2D eigenvalue weighted by Crippen LogP contribution is 2.30. The minimum Gasteiger partial charge on any atom is -0.495 e. The number of sulfonamides is 1. The minimum absolute atomic E-state index is 0.0749. The Morgan fingerprint density at radius 1 is 1.17 bits per heavy atom. The standard InChI is InChI=1S/C25H34ClN3O5S/c1-6-27-25(31)19(3)28(17-20-11-8-7-10-18(20)2)24(30)12-9-15-29(35(5,32)33)21-13-14-23(34-4)22(26)16-21/h7-8,10-11,13-14,16,19H,6,9,12,15,17H2,1-5H3,(H,27,31)/t19-/m1/s1. The Hall–Kier alpha value is -2.78. The molecule has 2 amide bonds. The summed E-state index contributed by atoms with van der Waals surface area (Å²) in [5, 5.41) is 3.06. The molecule has 2 rings (SSSR count). The second kappa shape index (κ2) is 12.8. The van der Waals surface area contributed by atoms with Gasteiger partial charge in [0.15, 0.2) is 0 Å². The molecule has 0 saturated heterocycles. The summed E-state index contributed by atoms with van der Waals surface area (Å²) in [4.78, 5) is 27.3. The highest BCUT2D eigenvalue weighted by atomic mass is 35.5. The molecule has 35 heavy (non-hydrogen) atoms. The zero-order chi connectivity index (χ0) is 26.2. The van der Waals surface area contributed by atoms with Crippen LogP contribution in [0.5, 0.6) is 5.75 Å². The fourth-order valence-corrected chi connectivity index (χ4v) is 4.90. The van der Waals surface area contributed by atoms with E-state index in [9.17, 15) is 18.0 Å². The van der Waals surface area contributed by atoms with Crippen molar-refractivity contribution in [1.29, 1.82) is 0 Å². The Morgan fingerprint density at radius 3 is 2.43 bits per heavy atom. The van der Waals surface area contributed by atoms with E-state index in [2.05, 4.69) is 5.32 Å². The van der Waals surface area contributed by atoms with Gasteiger partial charge in [-0.05, 0) is 56.5 Å². The molecule has 8 nitrogen and oxygen atoms in total. The van der Waals surface area contributed by atoms with Gasteiger partial charge in [0.1, 0.15) is 11.8 Å². The number of carbonyl (C=O) groups excluding carboxylic acids is 2. The van der Waals surface area contributed by atoms with Crippen LogP contribution in [0.4, 0.5) is 5.69 Å². The van der Waals surface area contributed by atoms with Gasteiger partial charge in [0.2, 0.25) is 21.8 Å². The van der Waals surface area contributed by atoms with E-state index >= 15 is 0 Å². The summed E-state index contributed by atoms with van der Waals surface area (Å²) in [6, 6.07) is 11.7. The number of nitrogens with one attached hydrogen (secondary N) is 1. The SMILES string of the molecule is CCNC(=O)[C@@H](C)N(Cc1ccccc1C)C(=O)CCCN(c1ccc(OC)c(Cl)c1)S(C)(=O)=O. The van der Waals surface area contributed by atoms with Crippen molar-refractivity contribution in [2.45, 2.75) is 46.2 Å². The van der Waals surface area contributed by atoms with Crippen molar-refractivity contribution < 1.29 is 22.7 Å². The van der Waals surface area contributed by atoms with Gasteiger partial charge >= 0.3 is 0 Å². The number of aryl methyl sites for hydroxylation is 1. The lowest BCUT2D eigenvalue weighted by atomic mass is 10.1. The Balaban J connectivity index is 2.19. The van der Waals surface area contributed by atoms with Crippen LogP contribution in [0.1, 0.15) is 37.8 Å². The highest BCUT2D eigenvalue weighted by molar-refractivity contribution is 7.92. The van der Waals surface area contributed by atoms with Crippen molar-refractivity contribution >= 4 is 39.1 Å². The molecule has 0 bridgehead atoms. The van der Waals surface area contributed by atoms with Gasteiger partial charge in [-0.25, -0.2) is 8.42 Å². The van der Waals surface area contributed by atoms with Gasteiger partial charge in [-0.15, -0.1) is 0 Å². The molecular formula is C25H34ClN3O5S. The maximum absolute atomic E-state index is 13.3. The van der Waals surface area contributed by atoms with E-state index in [1.807, 2.05) is 38.1 Å². The quantitative estimate of drug-likeness (QED) is 0.457. The normalized spacial score (nSPS) is 12.1. The van der Waals surface area contributed by atoms with Gasteiger partial charge in [0.05, 0.1) is 24.1 Å². The largest absolute Gasteiger partial charge is 0.495 e. The first-order valence-electron chi connectivity index (χ1n) is 11.4. The molecule has 1 atom stereocenters. The summed E-state index contributed by atoms with van der Waals surface area (Å²) in [7, 11) is -2.14. The van der Waals surface area contributed by atoms with Gasteiger partial charge in [-0.3, -0.25) is 13.9 Å². The van der Waals surface area contributed by atoms with Crippen LogP contribution in [-0.4, -0.2) is 57.6 Å². The molecule has 1 N–H and O–H groups in total. The average molecular weight is 524 g/mol. The van der Waals surface area contributed by atoms with Crippen LogP contribution < -0.4 is 14.4 Å². The molecule has 0 aliphatic rings. The highest BCUT2D eigenvalue weighted by Gasteiger charge is 2.26. The molecule has 0 unspecified atom stereocenters. The number of benzene rings is 2. The summed E-state index contributed by atoms with van der Waals surface area (Å²) >= 11 is 6.18. The van der Waals surface area contributed by atoms with E-state index in [0.717, 1.165) is 17.4 Å². The fraction of sp³-hybridized carbons (Fsp3) is 0.440.